The van der Waals surface area contributed by atoms with Crippen LogP contribution in [0.3, 0.4) is 0 Å². The highest BCUT2D eigenvalue weighted by molar-refractivity contribution is 6.38. The lowest BCUT2D eigenvalue weighted by Crippen LogP contribution is -2.37. The summed E-state index contributed by atoms with van der Waals surface area (Å²) in [7, 11) is 2.67. The largest absolute Gasteiger partial charge is 0.492 e. The molecule has 4 rings (SSSR count). The Bertz CT molecular complexity index is 1300. The van der Waals surface area contributed by atoms with Crippen LogP contribution >= 0.6 is 34.8 Å². The average Bonchev–Trinajstić information content (AvgIpc) is 2.96. The monoisotopic (exact) mass is 594 g/mol. The standard InChI is InChI=1S/C28H29Cl3N2O6/c1-35-27-20(28(34)36-2)16-21(29)22(32-27)17-39-24-9-4-7-19(26(24)31)18-6-3-8-23(25(18)30)38-13-5-10-33-11-14-37-15-12-33/h3-4,6-9,16H,5,10-15,17H2,1-2H3. The summed E-state index contributed by atoms with van der Waals surface area (Å²) in [4.78, 5) is 18.6. The molecule has 0 radical (unpaired) electrons. The van der Waals surface area contributed by atoms with Gasteiger partial charge in [-0.2, -0.15) is 0 Å². The number of rotatable bonds is 11. The molecule has 2 heterocycles. The molecule has 0 atom stereocenters. The van der Waals surface area contributed by atoms with Crippen molar-refractivity contribution in [3.8, 4) is 28.5 Å². The van der Waals surface area contributed by atoms with E-state index in [0.717, 1.165) is 44.8 Å². The minimum Gasteiger partial charge on any atom is -0.492 e. The number of ether oxygens (including phenoxy) is 5. The number of hydrogen-bond acceptors (Lipinski definition) is 8. The van der Waals surface area contributed by atoms with Crippen LogP contribution in [0.1, 0.15) is 22.5 Å². The maximum atomic E-state index is 12.0. The van der Waals surface area contributed by atoms with E-state index < -0.39 is 5.97 Å². The fourth-order valence-corrected chi connectivity index (χ4v) is 4.89. The number of morpholine rings is 1. The van der Waals surface area contributed by atoms with Crippen LogP contribution in [-0.2, 0) is 16.1 Å². The Kier molecular flexibility index (Phi) is 10.5. The molecule has 11 heteroatoms. The lowest BCUT2D eigenvalue weighted by molar-refractivity contribution is 0.0358. The molecule has 1 fully saturated rings. The van der Waals surface area contributed by atoms with Crippen molar-refractivity contribution >= 4 is 40.8 Å². The van der Waals surface area contributed by atoms with Crippen LogP contribution in [0, 0.1) is 0 Å². The second-order valence-electron chi connectivity index (χ2n) is 8.65. The third kappa shape index (κ3) is 7.26. The molecule has 3 aromatic rings. The Morgan fingerprint density at radius 2 is 1.62 bits per heavy atom. The van der Waals surface area contributed by atoms with Crippen LogP contribution < -0.4 is 14.2 Å². The van der Waals surface area contributed by atoms with Gasteiger partial charge in [-0.25, -0.2) is 9.78 Å². The van der Waals surface area contributed by atoms with Gasteiger partial charge in [-0.1, -0.05) is 59.1 Å². The van der Waals surface area contributed by atoms with Crippen molar-refractivity contribution in [2.75, 3.05) is 53.7 Å². The number of carbonyl (C=O) groups excluding carboxylic acids is 1. The van der Waals surface area contributed by atoms with E-state index in [1.165, 1.54) is 20.3 Å². The van der Waals surface area contributed by atoms with E-state index >= 15 is 0 Å². The van der Waals surface area contributed by atoms with Crippen molar-refractivity contribution in [1.29, 1.82) is 0 Å². The Balaban J connectivity index is 1.46. The minimum absolute atomic E-state index is 0.0140. The first kappa shape index (κ1) is 29.2. The van der Waals surface area contributed by atoms with Gasteiger partial charge in [0.2, 0.25) is 5.88 Å². The normalized spacial score (nSPS) is 13.7. The number of halogens is 3. The van der Waals surface area contributed by atoms with Gasteiger partial charge in [0, 0.05) is 30.8 Å². The zero-order valence-corrected chi connectivity index (χ0v) is 23.9. The molecule has 1 saturated heterocycles. The number of nitrogens with zero attached hydrogens (tertiary/aromatic N) is 2. The number of hydrogen-bond donors (Lipinski definition) is 0. The zero-order valence-electron chi connectivity index (χ0n) is 21.7. The Morgan fingerprint density at radius 3 is 2.23 bits per heavy atom. The van der Waals surface area contributed by atoms with E-state index in [4.69, 9.17) is 58.5 Å². The maximum Gasteiger partial charge on any atom is 0.343 e. The zero-order chi connectivity index (χ0) is 27.8. The predicted molar refractivity (Wildman–Crippen MR) is 151 cm³/mol. The molecule has 1 aliphatic heterocycles. The van der Waals surface area contributed by atoms with Gasteiger partial charge in [0.25, 0.3) is 0 Å². The summed E-state index contributed by atoms with van der Waals surface area (Å²) in [5, 5.41) is 1.07. The number of pyridine rings is 1. The second-order valence-corrected chi connectivity index (χ2v) is 9.81. The summed E-state index contributed by atoms with van der Waals surface area (Å²) in [6.07, 6.45) is 0.882. The number of benzene rings is 2. The van der Waals surface area contributed by atoms with Crippen LogP contribution in [0.4, 0.5) is 0 Å². The van der Waals surface area contributed by atoms with E-state index in [-0.39, 0.29) is 23.1 Å². The van der Waals surface area contributed by atoms with Gasteiger partial charge in [-0.15, -0.1) is 0 Å². The van der Waals surface area contributed by atoms with E-state index in [9.17, 15) is 4.79 Å². The molecule has 2 aromatic carbocycles. The highest BCUT2D eigenvalue weighted by atomic mass is 35.5. The maximum absolute atomic E-state index is 12.0. The molecule has 0 aliphatic carbocycles. The van der Waals surface area contributed by atoms with Gasteiger partial charge >= 0.3 is 5.97 Å². The number of esters is 1. The molecule has 1 aliphatic rings. The van der Waals surface area contributed by atoms with Crippen LogP contribution in [0.25, 0.3) is 11.1 Å². The van der Waals surface area contributed by atoms with Crippen LogP contribution in [-0.4, -0.2) is 69.5 Å². The van der Waals surface area contributed by atoms with E-state index in [1.807, 2.05) is 30.3 Å². The van der Waals surface area contributed by atoms with Crippen molar-refractivity contribution in [2.45, 2.75) is 13.0 Å². The molecule has 0 spiro atoms. The molecule has 1 aromatic heterocycles. The lowest BCUT2D eigenvalue weighted by Gasteiger charge is -2.26. The van der Waals surface area contributed by atoms with Gasteiger partial charge in [-0.05, 0) is 24.6 Å². The van der Waals surface area contributed by atoms with Crippen molar-refractivity contribution in [2.24, 2.45) is 0 Å². The first-order valence-corrected chi connectivity index (χ1v) is 13.5. The summed E-state index contributed by atoms with van der Waals surface area (Å²) >= 11 is 19.8. The number of carbonyl (C=O) groups is 1. The third-order valence-corrected chi connectivity index (χ3v) is 7.28. The van der Waals surface area contributed by atoms with Crippen LogP contribution in [0.2, 0.25) is 15.1 Å². The molecule has 0 unspecified atom stereocenters. The number of aromatic nitrogens is 1. The Labute approximate surface area is 242 Å². The lowest BCUT2D eigenvalue weighted by atomic mass is 10.0. The summed E-state index contributed by atoms with van der Waals surface area (Å²) in [6, 6.07) is 12.4. The number of methoxy groups -OCH3 is 2. The van der Waals surface area contributed by atoms with E-state index in [2.05, 4.69) is 9.88 Å². The Morgan fingerprint density at radius 1 is 0.974 bits per heavy atom. The fraction of sp³-hybridized carbons (Fsp3) is 0.357. The van der Waals surface area contributed by atoms with E-state index in [0.29, 0.717) is 39.4 Å². The molecule has 208 valence electrons. The average molecular weight is 596 g/mol. The van der Waals surface area contributed by atoms with Crippen molar-refractivity contribution in [3.63, 3.8) is 0 Å². The highest BCUT2D eigenvalue weighted by Crippen LogP contribution is 2.42. The minimum atomic E-state index is -0.607. The van der Waals surface area contributed by atoms with Crippen LogP contribution in [0.5, 0.6) is 17.4 Å². The Hall–Kier alpha value is -2.75. The summed E-state index contributed by atoms with van der Waals surface area (Å²) in [5.41, 5.74) is 1.90. The molecule has 0 saturated carbocycles. The highest BCUT2D eigenvalue weighted by Gasteiger charge is 2.20. The van der Waals surface area contributed by atoms with E-state index in [1.54, 1.807) is 6.07 Å². The predicted octanol–water partition coefficient (Wildman–Crippen LogP) is 6.18. The third-order valence-electron chi connectivity index (χ3n) is 6.17. The first-order valence-electron chi connectivity index (χ1n) is 12.4. The summed E-state index contributed by atoms with van der Waals surface area (Å²) in [5.74, 6) is 0.478. The van der Waals surface area contributed by atoms with Gasteiger partial charge in [0.05, 0.1) is 49.1 Å². The molecular formula is C28H29Cl3N2O6. The molecule has 0 N–H and O–H groups in total. The second kappa shape index (κ2) is 14.1. The molecule has 0 bridgehead atoms. The fourth-order valence-electron chi connectivity index (χ4n) is 4.12. The molecule has 0 amide bonds. The SMILES string of the molecule is COC(=O)c1cc(Cl)c(COc2cccc(-c3cccc(OCCCN4CCOCC4)c3Cl)c2Cl)nc1OC. The van der Waals surface area contributed by atoms with Gasteiger partial charge in [0.1, 0.15) is 29.4 Å². The van der Waals surface area contributed by atoms with Crippen molar-refractivity contribution < 1.29 is 28.5 Å². The topological polar surface area (TPSA) is 79.4 Å². The van der Waals surface area contributed by atoms with Gasteiger partial charge in [-0.3, -0.25) is 4.90 Å². The van der Waals surface area contributed by atoms with Gasteiger partial charge in [0.15, 0.2) is 0 Å². The quantitative estimate of drug-likeness (QED) is 0.192. The van der Waals surface area contributed by atoms with Crippen molar-refractivity contribution in [1.82, 2.24) is 9.88 Å². The molecule has 8 nitrogen and oxygen atoms in total. The summed E-state index contributed by atoms with van der Waals surface area (Å²) < 4.78 is 27.3. The van der Waals surface area contributed by atoms with Crippen LogP contribution in [0.15, 0.2) is 42.5 Å². The smallest absolute Gasteiger partial charge is 0.343 e. The molecule has 39 heavy (non-hydrogen) atoms. The van der Waals surface area contributed by atoms with Crippen molar-refractivity contribution in [3.05, 3.63) is 68.8 Å². The molecular weight excluding hydrogens is 567 g/mol. The van der Waals surface area contributed by atoms with Gasteiger partial charge < -0.3 is 23.7 Å². The first-order chi connectivity index (χ1) is 18.9. The summed E-state index contributed by atoms with van der Waals surface area (Å²) in [6.45, 7) is 4.92.